The lowest BCUT2D eigenvalue weighted by molar-refractivity contribution is 0.103. The van der Waals surface area contributed by atoms with Crippen LogP contribution in [0.15, 0.2) is 83.0 Å². The molecule has 3 aromatic heterocycles. The second-order valence-corrected chi connectivity index (χ2v) is 16.2. The van der Waals surface area contributed by atoms with Gasteiger partial charge in [0, 0.05) is 63.7 Å². The molecule has 2 aromatic carbocycles. The number of hydrogen-bond donors (Lipinski definition) is 0. The van der Waals surface area contributed by atoms with Gasteiger partial charge in [-0.2, -0.15) is 21.0 Å². The maximum Gasteiger partial charge on any atom is 0.194 e. The van der Waals surface area contributed by atoms with Gasteiger partial charge in [-0.15, -0.1) is 34.0 Å². The Morgan fingerprint density at radius 2 is 1.14 bits per heavy atom. The summed E-state index contributed by atoms with van der Waals surface area (Å²) >= 11 is 5.05. The van der Waals surface area contributed by atoms with Crippen LogP contribution in [0, 0.1) is 45.3 Å². The number of ketones is 2. The maximum atomic E-state index is 13.7. The van der Waals surface area contributed by atoms with Crippen LogP contribution in [0.25, 0.3) is 42.5 Å². The van der Waals surface area contributed by atoms with Gasteiger partial charge in [-0.3, -0.25) is 9.59 Å². The largest absolute Gasteiger partial charge is 0.289 e. The summed E-state index contributed by atoms with van der Waals surface area (Å²) in [5, 5.41) is 39.2. The second kappa shape index (κ2) is 11.6. The van der Waals surface area contributed by atoms with Crippen molar-refractivity contribution >= 4 is 78.3 Å². The van der Waals surface area contributed by atoms with Gasteiger partial charge >= 0.3 is 0 Å². The highest BCUT2D eigenvalue weighted by atomic mass is 32.1. The Labute approximate surface area is 305 Å². The van der Waals surface area contributed by atoms with E-state index < -0.39 is 0 Å². The molecule has 51 heavy (non-hydrogen) atoms. The first-order valence-corrected chi connectivity index (χ1v) is 18.9. The first-order chi connectivity index (χ1) is 24.9. The minimum Gasteiger partial charge on any atom is -0.289 e. The SMILES string of the molecule is N#CC(C#N)=C1/C(=C/c2cc3c(s2)-c2sc4cc(/C=C5\C(=O)c6ccccc6C5=C(C#N)C#N)sc4c2C32CCCCC2)C(=O)c2ccccc21. The molecule has 1 saturated carbocycles. The van der Waals surface area contributed by atoms with Crippen LogP contribution in [0.1, 0.15) is 84.8 Å². The average Bonchev–Trinajstić information content (AvgIpc) is 3.98. The predicted octanol–water partition coefficient (Wildman–Crippen LogP) is 10.4. The molecule has 240 valence electrons. The normalized spacial score (nSPS) is 18.0. The lowest BCUT2D eigenvalue weighted by atomic mass is 9.68. The number of thiophene rings is 3. The summed E-state index contributed by atoms with van der Waals surface area (Å²) in [6, 6.07) is 26.6. The molecule has 0 amide bonds. The first-order valence-electron chi connectivity index (χ1n) is 16.4. The van der Waals surface area contributed by atoms with Gasteiger partial charge in [0.25, 0.3) is 0 Å². The van der Waals surface area contributed by atoms with Crippen molar-refractivity contribution in [1.29, 1.82) is 21.0 Å². The third kappa shape index (κ3) is 4.34. The second-order valence-electron chi connectivity index (χ2n) is 13.0. The fourth-order valence-corrected chi connectivity index (χ4v) is 12.5. The summed E-state index contributed by atoms with van der Waals surface area (Å²) in [5.74, 6) is -0.362. The molecule has 5 aromatic rings. The van der Waals surface area contributed by atoms with Crippen molar-refractivity contribution in [2.24, 2.45) is 0 Å². The van der Waals surface area contributed by atoms with Gasteiger partial charge in [-0.1, -0.05) is 67.8 Å². The van der Waals surface area contributed by atoms with E-state index in [1.54, 1.807) is 70.4 Å². The summed E-state index contributed by atoms with van der Waals surface area (Å²) in [4.78, 5) is 31.5. The molecule has 0 radical (unpaired) electrons. The van der Waals surface area contributed by atoms with Crippen molar-refractivity contribution < 1.29 is 9.59 Å². The van der Waals surface area contributed by atoms with Gasteiger partial charge in [0.2, 0.25) is 0 Å². The van der Waals surface area contributed by atoms with E-state index in [2.05, 4.69) is 12.1 Å². The zero-order valence-electron chi connectivity index (χ0n) is 26.8. The van der Waals surface area contributed by atoms with Crippen LogP contribution < -0.4 is 0 Å². The number of nitriles is 4. The van der Waals surface area contributed by atoms with Crippen LogP contribution in [0.2, 0.25) is 0 Å². The zero-order valence-corrected chi connectivity index (χ0v) is 29.2. The Hall–Kier alpha value is -5.94. The number of allylic oxidation sites excluding steroid dienone is 6. The van der Waals surface area contributed by atoms with Crippen molar-refractivity contribution in [3.63, 3.8) is 0 Å². The molecule has 9 heteroatoms. The standard InChI is InChI=1S/C42H22N4O2S3/c43-18-22(19-44)34-26-8-2-4-10-28(26)37(47)30(34)14-24-16-32-39(49-24)41-36(42(32)12-6-1-7-13-42)40-33(51-41)17-25(50-40)15-31-35(23(20-45)21-46)27-9-3-5-11-29(27)38(31)48/h2-5,8-11,14-17H,1,6-7,12-13H2/b30-14-,31-15-. The van der Waals surface area contributed by atoms with E-state index in [0.29, 0.717) is 44.5 Å². The minimum absolute atomic E-state index is 0.0683. The average molecular weight is 711 g/mol. The molecule has 4 aliphatic rings. The highest BCUT2D eigenvalue weighted by molar-refractivity contribution is 7.32. The topological polar surface area (TPSA) is 129 Å². The number of fused-ring (bicyclic) bond motifs is 9. The number of hydrogen-bond acceptors (Lipinski definition) is 9. The quantitative estimate of drug-likeness (QED) is 0.132. The van der Waals surface area contributed by atoms with Gasteiger partial charge in [-0.25, -0.2) is 0 Å². The zero-order chi connectivity index (χ0) is 35.0. The minimum atomic E-state index is -0.184. The lowest BCUT2D eigenvalue weighted by Gasteiger charge is -2.35. The highest BCUT2D eigenvalue weighted by Crippen LogP contribution is 2.64. The molecule has 6 nitrogen and oxygen atoms in total. The summed E-state index contributed by atoms with van der Waals surface area (Å²) < 4.78 is 2.34. The van der Waals surface area contributed by atoms with E-state index in [-0.39, 0.29) is 28.1 Å². The van der Waals surface area contributed by atoms with Crippen molar-refractivity contribution in [1.82, 2.24) is 0 Å². The van der Waals surface area contributed by atoms with Gasteiger partial charge in [0.1, 0.15) is 35.4 Å². The summed E-state index contributed by atoms with van der Waals surface area (Å²) in [5.41, 5.74) is 6.11. The Kier molecular flexibility index (Phi) is 7.04. The van der Waals surface area contributed by atoms with Crippen molar-refractivity contribution in [3.8, 4) is 34.0 Å². The summed E-state index contributed by atoms with van der Waals surface area (Å²) in [7, 11) is 0. The van der Waals surface area contributed by atoms with Crippen LogP contribution in [0.3, 0.4) is 0 Å². The number of carbonyl (C=O) groups excluding carboxylic acids is 2. The van der Waals surface area contributed by atoms with Gasteiger partial charge in [-0.05, 0) is 53.8 Å². The highest BCUT2D eigenvalue weighted by Gasteiger charge is 2.48. The van der Waals surface area contributed by atoms with Crippen LogP contribution in [0.5, 0.6) is 0 Å². The number of rotatable bonds is 2. The molecule has 3 heterocycles. The van der Waals surface area contributed by atoms with Crippen LogP contribution in [-0.4, -0.2) is 11.6 Å². The van der Waals surface area contributed by atoms with Gasteiger partial charge < -0.3 is 0 Å². The molecular weight excluding hydrogens is 689 g/mol. The third-order valence-corrected chi connectivity index (χ3v) is 14.1. The van der Waals surface area contributed by atoms with Gasteiger partial charge in [0.15, 0.2) is 11.6 Å². The predicted molar refractivity (Wildman–Crippen MR) is 201 cm³/mol. The van der Waals surface area contributed by atoms with Gasteiger partial charge in [0.05, 0.1) is 9.58 Å². The molecule has 1 spiro atoms. The molecule has 4 aliphatic carbocycles. The lowest BCUT2D eigenvalue weighted by Crippen LogP contribution is -2.27. The third-order valence-electron chi connectivity index (χ3n) is 10.5. The van der Waals surface area contributed by atoms with Crippen LogP contribution in [-0.2, 0) is 5.41 Å². The van der Waals surface area contributed by atoms with E-state index in [9.17, 15) is 30.6 Å². The molecule has 0 N–H and O–H groups in total. The Morgan fingerprint density at radius 3 is 1.67 bits per heavy atom. The van der Waals surface area contributed by atoms with Crippen molar-refractivity contribution in [3.05, 3.63) is 126 Å². The van der Waals surface area contributed by atoms with Crippen molar-refractivity contribution in [2.75, 3.05) is 0 Å². The molecule has 0 bridgehead atoms. The molecule has 0 unspecified atom stereocenters. The number of Topliss-reactive ketones (excluding diaryl/α,β-unsaturated/α-hetero) is 2. The van der Waals surface area contributed by atoms with Crippen LogP contribution in [0.4, 0.5) is 0 Å². The molecule has 0 aliphatic heterocycles. The monoisotopic (exact) mass is 710 g/mol. The number of carbonyl (C=O) groups is 2. The van der Waals surface area contributed by atoms with Crippen LogP contribution >= 0.6 is 34.0 Å². The summed E-state index contributed by atoms with van der Waals surface area (Å²) in [6.45, 7) is 0. The Balaban J connectivity index is 1.18. The summed E-state index contributed by atoms with van der Waals surface area (Å²) in [6.07, 6.45) is 9.11. The van der Waals surface area contributed by atoms with E-state index in [0.717, 1.165) is 40.1 Å². The molecule has 1 fully saturated rings. The molecule has 9 rings (SSSR count). The number of nitrogens with zero attached hydrogens (tertiary/aromatic N) is 4. The maximum absolute atomic E-state index is 13.7. The Morgan fingerprint density at radius 1 is 0.627 bits per heavy atom. The van der Waals surface area contributed by atoms with Crippen molar-refractivity contribution in [2.45, 2.75) is 37.5 Å². The van der Waals surface area contributed by atoms with E-state index >= 15 is 0 Å². The first kappa shape index (κ1) is 31.1. The molecule has 0 saturated heterocycles. The Bertz CT molecular complexity index is 2730. The molecular formula is C42H22N4O2S3. The van der Waals surface area contributed by atoms with E-state index in [1.165, 1.54) is 32.0 Å². The fourth-order valence-electron chi connectivity index (χ4n) is 8.36. The molecule has 0 atom stereocenters. The number of benzene rings is 2. The van der Waals surface area contributed by atoms with E-state index in [4.69, 9.17) is 0 Å². The smallest absolute Gasteiger partial charge is 0.194 e. The van der Waals surface area contributed by atoms with E-state index in [1.807, 2.05) is 48.6 Å². The fraction of sp³-hybridized carbons (Fsp3) is 0.143.